The maximum atomic E-state index is 5.61. The number of benzene rings is 1. The van der Waals surface area contributed by atoms with E-state index in [0.717, 1.165) is 19.4 Å². The molecule has 17 heavy (non-hydrogen) atoms. The molecule has 92 valence electrons. The molecule has 0 fully saturated rings. The normalized spacial score (nSPS) is 11.6. The molecule has 0 aliphatic heterocycles. The number of para-hydroxylation sites is 1. The molecule has 2 nitrogen and oxygen atoms in total. The maximum Gasteiger partial charge on any atom is 0.0629 e. The van der Waals surface area contributed by atoms with Crippen molar-refractivity contribution < 1.29 is 0 Å². The van der Waals surface area contributed by atoms with E-state index in [4.69, 9.17) is 5.73 Å². The summed E-state index contributed by atoms with van der Waals surface area (Å²) < 4.78 is 3.58. The fourth-order valence-corrected chi connectivity index (χ4v) is 2.93. The predicted molar refractivity (Wildman–Crippen MR) is 77.4 cm³/mol. The third-order valence-corrected chi connectivity index (χ3v) is 3.68. The summed E-state index contributed by atoms with van der Waals surface area (Å²) in [5.41, 5.74) is 8.29. The van der Waals surface area contributed by atoms with E-state index in [1.807, 2.05) is 0 Å². The molecule has 0 unspecified atom stereocenters. The fourth-order valence-electron chi connectivity index (χ4n) is 2.36. The van der Waals surface area contributed by atoms with Gasteiger partial charge in [0.1, 0.15) is 0 Å². The highest BCUT2D eigenvalue weighted by Gasteiger charge is 2.12. The lowest BCUT2D eigenvalue weighted by Crippen LogP contribution is -2.08. The minimum absolute atomic E-state index is 0.471. The molecule has 0 spiro atoms. The van der Waals surface area contributed by atoms with Crippen molar-refractivity contribution in [3.63, 3.8) is 0 Å². The van der Waals surface area contributed by atoms with Crippen LogP contribution in [0, 0.1) is 0 Å². The highest BCUT2D eigenvalue weighted by molar-refractivity contribution is 9.10. The van der Waals surface area contributed by atoms with Gasteiger partial charge < -0.3 is 10.3 Å². The predicted octanol–water partition coefficient (Wildman–Crippen LogP) is 3.88. The van der Waals surface area contributed by atoms with Gasteiger partial charge in [-0.1, -0.05) is 12.1 Å². The lowest BCUT2D eigenvalue weighted by Gasteiger charge is -2.15. The first-order valence-electron chi connectivity index (χ1n) is 6.13. The molecule has 1 aromatic heterocycles. The molecule has 3 heteroatoms. The highest BCUT2D eigenvalue weighted by Crippen LogP contribution is 2.30. The number of fused-ring (bicyclic) bond motifs is 1. The van der Waals surface area contributed by atoms with Gasteiger partial charge in [-0.3, -0.25) is 0 Å². The monoisotopic (exact) mass is 294 g/mol. The maximum absolute atomic E-state index is 5.61. The van der Waals surface area contributed by atoms with Crippen LogP contribution < -0.4 is 5.73 Å². The third kappa shape index (κ3) is 2.40. The zero-order valence-electron chi connectivity index (χ0n) is 10.4. The number of aryl methyl sites for hydroxylation is 1. The van der Waals surface area contributed by atoms with Crippen LogP contribution in [0.1, 0.15) is 32.0 Å². The van der Waals surface area contributed by atoms with Crippen LogP contribution in [0.3, 0.4) is 0 Å². The summed E-state index contributed by atoms with van der Waals surface area (Å²) in [7, 11) is 0. The van der Waals surface area contributed by atoms with Gasteiger partial charge in [0, 0.05) is 21.6 Å². The number of hydrogen-bond acceptors (Lipinski definition) is 1. The van der Waals surface area contributed by atoms with Crippen LogP contribution in [0.2, 0.25) is 0 Å². The quantitative estimate of drug-likeness (QED) is 0.912. The molecule has 0 bridgehead atoms. The Morgan fingerprint density at radius 3 is 2.76 bits per heavy atom. The Bertz CT molecular complexity index is 514. The summed E-state index contributed by atoms with van der Waals surface area (Å²) in [6.45, 7) is 5.20. The Morgan fingerprint density at radius 2 is 2.12 bits per heavy atom. The van der Waals surface area contributed by atoms with Crippen molar-refractivity contribution in [3.05, 3.63) is 34.4 Å². The molecule has 0 saturated carbocycles. The Kier molecular flexibility index (Phi) is 3.89. The van der Waals surface area contributed by atoms with Crippen LogP contribution in [0.5, 0.6) is 0 Å². The molecule has 0 saturated heterocycles. The van der Waals surface area contributed by atoms with Crippen LogP contribution in [0.15, 0.2) is 28.7 Å². The summed E-state index contributed by atoms with van der Waals surface area (Å²) >= 11 is 3.65. The summed E-state index contributed by atoms with van der Waals surface area (Å²) in [6, 6.07) is 9.12. The molecule has 2 aromatic rings. The number of aromatic nitrogens is 1. The molecule has 1 heterocycles. The fraction of sp³-hybridized carbons (Fsp3) is 0.429. The van der Waals surface area contributed by atoms with Gasteiger partial charge >= 0.3 is 0 Å². The van der Waals surface area contributed by atoms with E-state index in [9.17, 15) is 0 Å². The smallest absolute Gasteiger partial charge is 0.0629 e. The first-order chi connectivity index (χ1) is 8.15. The number of nitrogens with zero attached hydrogens (tertiary/aromatic N) is 1. The van der Waals surface area contributed by atoms with Crippen LogP contribution in [-0.4, -0.2) is 11.1 Å². The lowest BCUT2D eigenvalue weighted by molar-refractivity contribution is 0.587. The molecule has 0 atom stereocenters. The zero-order valence-corrected chi connectivity index (χ0v) is 12.0. The molecule has 0 amide bonds. The van der Waals surface area contributed by atoms with E-state index in [2.05, 4.69) is 58.6 Å². The van der Waals surface area contributed by atoms with Crippen LogP contribution in [0.25, 0.3) is 10.9 Å². The first kappa shape index (κ1) is 12.7. The number of halogens is 1. The standard InChI is InChI=1S/C14H19BrN2/c1-10(2)17-12(6-4-8-16)9-11-5-3-7-13(15)14(11)17/h3,5,7,9-10H,4,6,8,16H2,1-2H3. The van der Waals surface area contributed by atoms with E-state index in [-0.39, 0.29) is 0 Å². The van der Waals surface area contributed by atoms with Gasteiger partial charge in [0.05, 0.1) is 5.52 Å². The van der Waals surface area contributed by atoms with E-state index >= 15 is 0 Å². The van der Waals surface area contributed by atoms with Crippen LogP contribution in [-0.2, 0) is 6.42 Å². The second-order valence-electron chi connectivity index (χ2n) is 4.67. The van der Waals surface area contributed by atoms with Gasteiger partial charge in [-0.25, -0.2) is 0 Å². The van der Waals surface area contributed by atoms with E-state index < -0.39 is 0 Å². The van der Waals surface area contributed by atoms with Gasteiger partial charge in [0.2, 0.25) is 0 Å². The van der Waals surface area contributed by atoms with Gasteiger partial charge in [-0.05, 0) is 61.3 Å². The summed E-state index contributed by atoms with van der Waals surface area (Å²) in [4.78, 5) is 0. The van der Waals surface area contributed by atoms with E-state index in [1.54, 1.807) is 0 Å². The average Bonchev–Trinajstić information content (AvgIpc) is 2.66. The van der Waals surface area contributed by atoms with Crippen molar-refractivity contribution in [3.8, 4) is 0 Å². The van der Waals surface area contributed by atoms with E-state index in [0.29, 0.717) is 6.04 Å². The Hall–Kier alpha value is -0.800. The molecular formula is C14H19BrN2. The molecular weight excluding hydrogens is 276 g/mol. The second-order valence-corrected chi connectivity index (χ2v) is 5.52. The first-order valence-corrected chi connectivity index (χ1v) is 6.93. The summed E-state index contributed by atoms with van der Waals surface area (Å²) in [5, 5.41) is 1.31. The highest BCUT2D eigenvalue weighted by atomic mass is 79.9. The number of nitrogens with two attached hydrogens (primary N) is 1. The van der Waals surface area contributed by atoms with Crippen LogP contribution in [0.4, 0.5) is 0 Å². The SMILES string of the molecule is CC(C)n1c(CCCN)cc2cccc(Br)c21. The van der Waals surface area contributed by atoms with Crippen molar-refractivity contribution in [2.24, 2.45) is 5.73 Å². The Labute approximate surface area is 111 Å². The summed E-state index contributed by atoms with van der Waals surface area (Å²) in [6.07, 6.45) is 2.09. The van der Waals surface area contributed by atoms with Crippen molar-refractivity contribution >= 4 is 26.8 Å². The molecule has 0 radical (unpaired) electrons. The average molecular weight is 295 g/mol. The zero-order chi connectivity index (χ0) is 12.4. The molecule has 2 rings (SSSR count). The minimum Gasteiger partial charge on any atom is -0.341 e. The third-order valence-electron chi connectivity index (χ3n) is 3.04. The number of hydrogen-bond donors (Lipinski definition) is 1. The van der Waals surface area contributed by atoms with Gasteiger partial charge in [-0.2, -0.15) is 0 Å². The van der Waals surface area contributed by atoms with Crippen LogP contribution >= 0.6 is 15.9 Å². The molecule has 0 aliphatic rings. The molecule has 0 aliphatic carbocycles. The molecule has 2 N–H and O–H groups in total. The van der Waals surface area contributed by atoms with Gasteiger partial charge in [-0.15, -0.1) is 0 Å². The van der Waals surface area contributed by atoms with Crippen molar-refractivity contribution in [1.82, 2.24) is 4.57 Å². The largest absolute Gasteiger partial charge is 0.341 e. The van der Waals surface area contributed by atoms with Gasteiger partial charge in [0.25, 0.3) is 0 Å². The lowest BCUT2D eigenvalue weighted by atomic mass is 10.2. The topological polar surface area (TPSA) is 30.9 Å². The van der Waals surface area contributed by atoms with Crippen molar-refractivity contribution in [1.29, 1.82) is 0 Å². The summed E-state index contributed by atoms with van der Waals surface area (Å²) in [5.74, 6) is 0. The Morgan fingerprint density at radius 1 is 1.35 bits per heavy atom. The second kappa shape index (κ2) is 5.23. The van der Waals surface area contributed by atoms with Gasteiger partial charge in [0.15, 0.2) is 0 Å². The van der Waals surface area contributed by atoms with E-state index in [1.165, 1.54) is 21.1 Å². The Balaban J connectivity index is 2.59. The minimum atomic E-state index is 0.471. The van der Waals surface area contributed by atoms with Crippen molar-refractivity contribution in [2.45, 2.75) is 32.7 Å². The number of rotatable bonds is 4. The molecule has 1 aromatic carbocycles. The van der Waals surface area contributed by atoms with Crippen molar-refractivity contribution in [2.75, 3.05) is 6.54 Å².